The lowest BCUT2D eigenvalue weighted by Crippen LogP contribution is -2.12. The predicted octanol–water partition coefficient (Wildman–Crippen LogP) is 4.25. The monoisotopic (exact) mass is 304 g/mol. The normalized spacial score (nSPS) is 10.5. The van der Waals surface area contributed by atoms with E-state index < -0.39 is 5.97 Å². The summed E-state index contributed by atoms with van der Waals surface area (Å²) in [7, 11) is 0. The van der Waals surface area contributed by atoms with Gasteiger partial charge in [0.15, 0.2) is 5.78 Å². The summed E-state index contributed by atoms with van der Waals surface area (Å²) in [5, 5.41) is 1.87. The average Bonchev–Trinajstić information content (AvgIpc) is 2.61. The molecule has 0 amide bonds. The SMILES string of the molecule is CCOC(=O)c1ccccc1C(=O)c1cccc2ccccc12. The molecule has 0 aromatic heterocycles. The molecule has 0 saturated heterocycles. The van der Waals surface area contributed by atoms with Crippen LogP contribution in [0.15, 0.2) is 66.7 Å². The third kappa shape index (κ3) is 2.86. The van der Waals surface area contributed by atoms with Crippen LogP contribution in [0.4, 0.5) is 0 Å². The minimum Gasteiger partial charge on any atom is -0.462 e. The number of benzene rings is 3. The van der Waals surface area contributed by atoms with Crippen molar-refractivity contribution >= 4 is 22.5 Å². The first-order chi connectivity index (χ1) is 11.2. The van der Waals surface area contributed by atoms with Crippen molar-refractivity contribution in [3.63, 3.8) is 0 Å². The van der Waals surface area contributed by atoms with Gasteiger partial charge in [-0.1, -0.05) is 60.7 Å². The Morgan fingerprint density at radius 2 is 1.39 bits per heavy atom. The molecule has 0 fully saturated rings. The van der Waals surface area contributed by atoms with Crippen LogP contribution in [-0.4, -0.2) is 18.4 Å². The molecule has 0 radical (unpaired) electrons. The van der Waals surface area contributed by atoms with Crippen LogP contribution in [0.5, 0.6) is 0 Å². The van der Waals surface area contributed by atoms with Crippen LogP contribution < -0.4 is 0 Å². The van der Waals surface area contributed by atoms with Crippen molar-refractivity contribution in [2.75, 3.05) is 6.61 Å². The first-order valence-electron chi connectivity index (χ1n) is 7.51. The van der Waals surface area contributed by atoms with Crippen molar-refractivity contribution in [1.82, 2.24) is 0 Å². The van der Waals surface area contributed by atoms with Crippen molar-refractivity contribution in [2.24, 2.45) is 0 Å². The lowest BCUT2D eigenvalue weighted by atomic mass is 9.94. The van der Waals surface area contributed by atoms with Gasteiger partial charge in [0.1, 0.15) is 0 Å². The van der Waals surface area contributed by atoms with Gasteiger partial charge in [-0.15, -0.1) is 0 Å². The van der Waals surface area contributed by atoms with E-state index in [-0.39, 0.29) is 12.4 Å². The van der Waals surface area contributed by atoms with E-state index in [1.54, 1.807) is 37.3 Å². The number of hydrogen-bond acceptors (Lipinski definition) is 3. The summed E-state index contributed by atoms with van der Waals surface area (Å²) in [5.74, 6) is -0.651. The zero-order chi connectivity index (χ0) is 16.2. The molecule has 3 aromatic carbocycles. The van der Waals surface area contributed by atoms with Gasteiger partial charge in [-0.05, 0) is 23.8 Å². The molecule has 0 bridgehead atoms. The molecule has 3 rings (SSSR count). The van der Waals surface area contributed by atoms with E-state index in [1.807, 2.05) is 36.4 Å². The first kappa shape index (κ1) is 15.0. The fraction of sp³-hybridized carbons (Fsp3) is 0.100. The minimum absolute atomic E-state index is 0.176. The summed E-state index contributed by atoms with van der Waals surface area (Å²) in [4.78, 5) is 25.1. The molecule has 0 atom stereocenters. The van der Waals surface area contributed by atoms with E-state index in [2.05, 4.69) is 0 Å². The third-order valence-electron chi connectivity index (χ3n) is 3.70. The van der Waals surface area contributed by atoms with Gasteiger partial charge in [-0.3, -0.25) is 4.79 Å². The van der Waals surface area contributed by atoms with Crippen LogP contribution in [-0.2, 0) is 4.74 Å². The number of rotatable bonds is 4. The Hall–Kier alpha value is -2.94. The average molecular weight is 304 g/mol. The zero-order valence-corrected chi connectivity index (χ0v) is 12.8. The molecule has 0 aliphatic carbocycles. The van der Waals surface area contributed by atoms with Gasteiger partial charge >= 0.3 is 5.97 Å². The Bertz CT molecular complexity index is 875. The number of hydrogen-bond donors (Lipinski definition) is 0. The Balaban J connectivity index is 2.12. The predicted molar refractivity (Wildman–Crippen MR) is 89.8 cm³/mol. The summed E-state index contributed by atoms with van der Waals surface area (Å²) in [6, 6.07) is 20.1. The van der Waals surface area contributed by atoms with Crippen molar-refractivity contribution in [3.05, 3.63) is 83.4 Å². The maximum atomic E-state index is 13.0. The number of carbonyl (C=O) groups is 2. The molecule has 3 aromatic rings. The topological polar surface area (TPSA) is 43.4 Å². The number of ketones is 1. The fourth-order valence-electron chi connectivity index (χ4n) is 2.64. The van der Waals surface area contributed by atoms with Gasteiger partial charge in [0.05, 0.1) is 12.2 Å². The second kappa shape index (κ2) is 6.44. The quantitative estimate of drug-likeness (QED) is 0.534. The van der Waals surface area contributed by atoms with E-state index in [4.69, 9.17) is 4.74 Å². The van der Waals surface area contributed by atoms with E-state index >= 15 is 0 Å². The first-order valence-corrected chi connectivity index (χ1v) is 7.51. The van der Waals surface area contributed by atoms with Gasteiger partial charge in [0.2, 0.25) is 0 Å². The van der Waals surface area contributed by atoms with Crippen LogP contribution in [0.1, 0.15) is 33.2 Å². The summed E-state index contributed by atoms with van der Waals surface area (Å²) in [5.41, 5.74) is 1.24. The maximum Gasteiger partial charge on any atom is 0.338 e. The van der Waals surface area contributed by atoms with E-state index in [9.17, 15) is 9.59 Å². The molecule has 0 spiro atoms. The molecule has 0 N–H and O–H groups in total. The lowest BCUT2D eigenvalue weighted by molar-refractivity contribution is 0.0523. The molecule has 114 valence electrons. The van der Waals surface area contributed by atoms with Crippen LogP contribution in [0.2, 0.25) is 0 Å². The summed E-state index contributed by atoms with van der Waals surface area (Å²) in [6.07, 6.45) is 0. The smallest absolute Gasteiger partial charge is 0.338 e. The van der Waals surface area contributed by atoms with E-state index in [1.165, 1.54) is 0 Å². The standard InChI is InChI=1S/C20H16O3/c1-2-23-20(22)18-12-6-5-11-17(18)19(21)16-13-7-9-14-8-3-4-10-15(14)16/h3-13H,2H2,1H3. The van der Waals surface area contributed by atoms with Gasteiger partial charge in [0, 0.05) is 11.1 Å². The highest BCUT2D eigenvalue weighted by molar-refractivity contribution is 6.19. The van der Waals surface area contributed by atoms with Crippen LogP contribution >= 0.6 is 0 Å². The third-order valence-corrected chi connectivity index (χ3v) is 3.70. The van der Waals surface area contributed by atoms with Crippen LogP contribution in [0.25, 0.3) is 10.8 Å². The maximum absolute atomic E-state index is 13.0. The second-order valence-corrected chi connectivity index (χ2v) is 5.12. The number of fused-ring (bicyclic) bond motifs is 1. The van der Waals surface area contributed by atoms with Crippen molar-refractivity contribution < 1.29 is 14.3 Å². The molecule has 0 aliphatic rings. The van der Waals surface area contributed by atoms with Crippen LogP contribution in [0, 0.1) is 0 Å². The number of carbonyl (C=O) groups excluding carboxylic acids is 2. The molecular weight excluding hydrogens is 288 g/mol. The molecule has 3 heteroatoms. The van der Waals surface area contributed by atoms with Crippen molar-refractivity contribution in [3.8, 4) is 0 Å². The second-order valence-electron chi connectivity index (χ2n) is 5.12. The van der Waals surface area contributed by atoms with E-state index in [0.29, 0.717) is 16.7 Å². The molecule has 3 nitrogen and oxygen atoms in total. The molecular formula is C20H16O3. The van der Waals surface area contributed by atoms with Crippen LogP contribution in [0.3, 0.4) is 0 Å². The number of ether oxygens (including phenoxy) is 1. The number of esters is 1. The summed E-state index contributed by atoms with van der Waals surface area (Å²) >= 11 is 0. The fourth-order valence-corrected chi connectivity index (χ4v) is 2.64. The van der Waals surface area contributed by atoms with E-state index in [0.717, 1.165) is 10.8 Å². The van der Waals surface area contributed by atoms with Gasteiger partial charge in [-0.2, -0.15) is 0 Å². The van der Waals surface area contributed by atoms with Gasteiger partial charge < -0.3 is 4.74 Å². The Morgan fingerprint density at radius 3 is 2.17 bits per heavy atom. The van der Waals surface area contributed by atoms with Gasteiger partial charge in [0.25, 0.3) is 0 Å². The highest BCUT2D eigenvalue weighted by atomic mass is 16.5. The highest BCUT2D eigenvalue weighted by Crippen LogP contribution is 2.23. The van der Waals surface area contributed by atoms with Crippen molar-refractivity contribution in [1.29, 1.82) is 0 Å². The zero-order valence-electron chi connectivity index (χ0n) is 12.8. The largest absolute Gasteiger partial charge is 0.462 e. The minimum atomic E-state index is -0.475. The Kier molecular flexibility index (Phi) is 4.20. The highest BCUT2D eigenvalue weighted by Gasteiger charge is 2.20. The molecule has 23 heavy (non-hydrogen) atoms. The Morgan fingerprint density at radius 1 is 0.783 bits per heavy atom. The molecule has 0 unspecified atom stereocenters. The molecule has 0 saturated carbocycles. The van der Waals surface area contributed by atoms with Crippen molar-refractivity contribution in [2.45, 2.75) is 6.92 Å². The summed E-state index contributed by atoms with van der Waals surface area (Å²) < 4.78 is 5.05. The molecule has 0 aliphatic heterocycles. The molecule has 0 heterocycles. The lowest BCUT2D eigenvalue weighted by Gasteiger charge is -2.10. The summed E-state index contributed by atoms with van der Waals surface area (Å²) in [6.45, 7) is 2.02. The van der Waals surface area contributed by atoms with Gasteiger partial charge in [-0.25, -0.2) is 4.79 Å². The Labute approximate surface area is 134 Å².